The van der Waals surface area contributed by atoms with Crippen molar-refractivity contribution in [1.82, 2.24) is 0 Å². The predicted octanol–water partition coefficient (Wildman–Crippen LogP) is 3.04. The van der Waals surface area contributed by atoms with Crippen molar-refractivity contribution in [3.8, 4) is 0 Å². The molecule has 12 heavy (non-hydrogen) atoms. The second kappa shape index (κ2) is 4.26. The second-order valence-electron chi connectivity index (χ2n) is 2.54. The molecule has 0 amide bonds. The van der Waals surface area contributed by atoms with Crippen molar-refractivity contribution < 1.29 is 5.11 Å². The van der Waals surface area contributed by atoms with E-state index < -0.39 is 0 Å². The van der Waals surface area contributed by atoms with Gasteiger partial charge in [-0.1, -0.05) is 30.7 Å². The van der Waals surface area contributed by atoms with Gasteiger partial charge in [-0.3, -0.25) is 0 Å². The fourth-order valence-electron chi connectivity index (χ4n) is 0.919. The summed E-state index contributed by atoms with van der Waals surface area (Å²) in [5, 5.41) is 9.57. The number of aliphatic hydroxyl groups excluding tert-OH is 1. The lowest BCUT2D eigenvalue weighted by Crippen LogP contribution is -2.00. The van der Waals surface area contributed by atoms with E-state index in [9.17, 15) is 0 Å². The van der Waals surface area contributed by atoms with Gasteiger partial charge in [0.2, 0.25) is 0 Å². The van der Waals surface area contributed by atoms with E-state index in [-0.39, 0.29) is 6.61 Å². The molecule has 0 fully saturated rings. The van der Waals surface area contributed by atoms with Crippen LogP contribution in [0.3, 0.4) is 0 Å². The Morgan fingerprint density at radius 1 is 1.58 bits per heavy atom. The number of hydrogen-bond acceptors (Lipinski definition) is 1. The second-order valence-corrected chi connectivity index (χ2v) is 3.74. The Labute approximate surface area is 85.5 Å². The number of benzene rings is 1. The average molecular weight is 249 g/mol. The van der Waals surface area contributed by atoms with Gasteiger partial charge in [-0.25, -0.2) is 0 Å². The van der Waals surface area contributed by atoms with Crippen LogP contribution in [0, 0.1) is 5.92 Å². The standard InChI is InChI=1S/C9H9BrClO/c1-6(5-12)7-3-2-4-8(11)9(7)10/h2-4,12H,5H2,1H3. The van der Waals surface area contributed by atoms with Crippen LogP contribution in [0.15, 0.2) is 22.7 Å². The smallest absolute Gasteiger partial charge is 0.0551 e. The van der Waals surface area contributed by atoms with Crippen LogP contribution in [0.5, 0.6) is 0 Å². The molecule has 1 aromatic carbocycles. The summed E-state index contributed by atoms with van der Waals surface area (Å²) in [7, 11) is 0. The minimum Gasteiger partial charge on any atom is -0.395 e. The molecule has 0 aromatic heterocycles. The molecule has 0 aliphatic carbocycles. The molecule has 0 heterocycles. The molecule has 1 nitrogen and oxygen atoms in total. The van der Waals surface area contributed by atoms with Crippen LogP contribution in [-0.2, 0) is 0 Å². The molecule has 0 aliphatic heterocycles. The van der Waals surface area contributed by atoms with Gasteiger partial charge in [0.25, 0.3) is 0 Å². The van der Waals surface area contributed by atoms with Crippen molar-refractivity contribution in [1.29, 1.82) is 0 Å². The Morgan fingerprint density at radius 2 is 2.25 bits per heavy atom. The van der Waals surface area contributed by atoms with Crippen LogP contribution in [-0.4, -0.2) is 11.7 Å². The first-order valence-corrected chi connectivity index (χ1v) is 4.71. The molecule has 1 N–H and O–H groups in total. The van der Waals surface area contributed by atoms with Crippen LogP contribution in [0.1, 0.15) is 12.5 Å². The molecule has 0 unspecified atom stereocenters. The predicted molar refractivity (Wildman–Crippen MR) is 54.3 cm³/mol. The Balaban J connectivity index is 3.07. The fraction of sp³-hybridized carbons (Fsp3) is 0.222. The van der Waals surface area contributed by atoms with E-state index in [4.69, 9.17) is 16.7 Å². The SMILES string of the molecule is C[C](CO)c1cccc(Cl)c1Br. The first-order chi connectivity index (χ1) is 5.66. The monoisotopic (exact) mass is 247 g/mol. The molecule has 0 bridgehead atoms. The van der Waals surface area contributed by atoms with Gasteiger partial charge in [0.1, 0.15) is 0 Å². The third-order valence-electron chi connectivity index (χ3n) is 1.65. The Bertz CT molecular complexity index is 275. The van der Waals surface area contributed by atoms with Gasteiger partial charge < -0.3 is 5.11 Å². The molecule has 0 saturated heterocycles. The van der Waals surface area contributed by atoms with Gasteiger partial charge in [0.05, 0.1) is 11.6 Å². The third-order valence-corrected chi connectivity index (χ3v) is 3.05. The first-order valence-electron chi connectivity index (χ1n) is 3.54. The molecule has 65 valence electrons. The van der Waals surface area contributed by atoms with E-state index in [1.165, 1.54) is 0 Å². The molecule has 3 heteroatoms. The quantitative estimate of drug-likeness (QED) is 0.853. The Morgan fingerprint density at radius 3 is 2.83 bits per heavy atom. The molecule has 1 rings (SSSR count). The zero-order valence-corrected chi connectivity index (χ0v) is 8.98. The van der Waals surface area contributed by atoms with Crippen LogP contribution in [0.25, 0.3) is 0 Å². The minimum atomic E-state index is 0.0545. The summed E-state index contributed by atoms with van der Waals surface area (Å²) in [5.41, 5.74) is 0.963. The maximum absolute atomic E-state index is 8.90. The summed E-state index contributed by atoms with van der Waals surface area (Å²) in [4.78, 5) is 0. The van der Waals surface area contributed by atoms with Gasteiger partial charge in [-0.05, 0) is 27.6 Å². The lowest BCUT2D eigenvalue weighted by molar-refractivity contribution is 0.315. The molecule has 0 atom stereocenters. The fourth-order valence-corrected chi connectivity index (χ4v) is 1.70. The Kier molecular flexibility index (Phi) is 3.56. The highest BCUT2D eigenvalue weighted by Gasteiger charge is 2.10. The molecule has 0 aliphatic rings. The lowest BCUT2D eigenvalue weighted by atomic mass is 10.0. The zero-order valence-electron chi connectivity index (χ0n) is 6.64. The molecule has 1 radical (unpaired) electrons. The van der Waals surface area contributed by atoms with Gasteiger partial charge >= 0.3 is 0 Å². The van der Waals surface area contributed by atoms with Crippen LogP contribution >= 0.6 is 27.5 Å². The molecule has 0 spiro atoms. The number of hydrogen-bond donors (Lipinski definition) is 1. The summed E-state index contributed by atoms with van der Waals surface area (Å²) in [6, 6.07) is 5.59. The van der Waals surface area contributed by atoms with E-state index >= 15 is 0 Å². The van der Waals surface area contributed by atoms with Crippen LogP contribution < -0.4 is 0 Å². The third kappa shape index (κ3) is 2.00. The maximum atomic E-state index is 8.90. The largest absolute Gasteiger partial charge is 0.395 e. The summed E-state index contributed by atoms with van der Waals surface area (Å²) < 4.78 is 0.846. The lowest BCUT2D eigenvalue weighted by Gasteiger charge is -2.10. The van der Waals surface area contributed by atoms with Crippen LogP contribution in [0.2, 0.25) is 5.02 Å². The highest BCUT2D eigenvalue weighted by atomic mass is 79.9. The average Bonchev–Trinajstić information content (AvgIpc) is 2.08. The van der Waals surface area contributed by atoms with Crippen molar-refractivity contribution in [2.45, 2.75) is 6.92 Å². The van der Waals surface area contributed by atoms with Crippen molar-refractivity contribution in [2.75, 3.05) is 6.61 Å². The number of aliphatic hydroxyl groups is 1. The van der Waals surface area contributed by atoms with Gasteiger partial charge in [-0.2, -0.15) is 0 Å². The summed E-state index contributed by atoms with van der Waals surface area (Å²) >= 11 is 9.23. The van der Waals surface area contributed by atoms with Crippen molar-refractivity contribution in [3.05, 3.63) is 39.2 Å². The van der Waals surface area contributed by atoms with Crippen molar-refractivity contribution >= 4 is 27.5 Å². The number of halogens is 2. The summed E-state index contributed by atoms with van der Waals surface area (Å²) in [5.74, 6) is 0.907. The minimum absolute atomic E-state index is 0.0545. The molecule has 0 saturated carbocycles. The Hall–Kier alpha value is -0.0500. The maximum Gasteiger partial charge on any atom is 0.0551 e. The van der Waals surface area contributed by atoms with Crippen molar-refractivity contribution in [3.63, 3.8) is 0 Å². The topological polar surface area (TPSA) is 20.2 Å². The van der Waals surface area contributed by atoms with E-state index in [2.05, 4.69) is 15.9 Å². The first kappa shape index (κ1) is 10.0. The van der Waals surface area contributed by atoms with E-state index in [0.717, 1.165) is 16.0 Å². The van der Waals surface area contributed by atoms with E-state index in [0.29, 0.717) is 5.02 Å². The van der Waals surface area contributed by atoms with Gasteiger partial charge in [0.15, 0.2) is 0 Å². The molecular formula is C9H9BrClO. The van der Waals surface area contributed by atoms with E-state index in [1.807, 2.05) is 19.1 Å². The summed E-state index contributed by atoms with van der Waals surface area (Å²) in [6.07, 6.45) is 0. The van der Waals surface area contributed by atoms with Gasteiger partial charge in [0, 0.05) is 10.4 Å². The molecular weight excluding hydrogens is 239 g/mol. The zero-order chi connectivity index (χ0) is 9.14. The highest BCUT2D eigenvalue weighted by molar-refractivity contribution is 9.10. The number of rotatable bonds is 2. The van der Waals surface area contributed by atoms with Crippen LogP contribution in [0.4, 0.5) is 0 Å². The van der Waals surface area contributed by atoms with Gasteiger partial charge in [-0.15, -0.1) is 0 Å². The molecule has 1 aromatic rings. The summed E-state index contributed by atoms with van der Waals surface area (Å²) in [6.45, 7) is 1.93. The van der Waals surface area contributed by atoms with Crippen molar-refractivity contribution in [2.24, 2.45) is 0 Å². The van der Waals surface area contributed by atoms with E-state index in [1.54, 1.807) is 6.07 Å². The highest BCUT2D eigenvalue weighted by Crippen LogP contribution is 2.30. The normalized spacial score (nSPS) is 10.8.